The van der Waals surface area contributed by atoms with Crippen molar-refractivity contribution in [2.75, 3.05) is 25.6 Å². The maximum atomic E-state index is 11.9. The van der Waals surface area contributed by atoms with E-state index < -0.39 is 10.0 Å². The lowest BCUT2D eigenvalue weighted by molar-refractivity contribution is 0.0955. The first kappa shape index (κ1) is 14.6. The van der Waals surface area contributed by atoms with Gasteiger partial charge in [0, 0.05) is 18.7 Å². The van der Waals surface area contributed by atoms with Crippen LogP contribution in [0.4, 0.5) is 0 Å². The standard InChI is InChI=1S/C12H16N2O5S/c1-2-14-20(16,17)6-5-13-12(15)9-3-4-10-11(7-9)19-8-18-10/h3-4,7,14H,2,5-6,8H2,1H3,(H,13,15). The van der Waals surface area contributed by atoms with E-state index in [2.05, 4.69) is 10.0 Å². The Morgan fingerprint density at radius 1 is 1.30 bits per heavy atom. The number of ether oxygens (including phenoxy) is 2. The van der Waals surface area contributed by atoms with E-state index >= 15 is 0 Å². The molecule has 0 fully saturated rings. The molecule has 2 N–H and O–H groups in total. The smallest absolute Gasteiger partial charge is 0.251 e. The molecule has 0 saturated heterocycles. The number of fused-ring (bicyclic) bond motifs is 1. The molecule has 1 heterocycles. The molecule has 20 heavy (non-hydrogen) atoms. The SMILES string of the molecule is CCNS(=O)(=O)CCNC(=O)c1ccc2c(c1)OCO2. The second-order valence-electron chi connectivity index (χ2n) is 4.14. The Morgan fingerprint density at radius 2 is 2.05 bits per heavy atom. The number of hydrogen-bond donors (Lipinski definition) is 2. The van der Waals surface area contributed by atoms with Gasteiger partial charge in [-0.25, -0.2) is 13.1 Å². The third kappa shape index (κ3) is 3.61. The van der Waals surface area contributed by atoms with Crippen molar-refractivity contribution >= 4 is 15.9 Å². The van der Waals surface area contributed by atoms with Crippen LogP contribution in [0.2, 0.25) is 0 Å². The number of hydrogen-bond acceptors (Lipinski definition) is 5. The summed E-state index contributed by atoms with van der Waals surface area (Å²) >= 11 is 0. The normalized spacial score (nSPS) is 13.2. The number of amides is 1. The molecular formula is C12H16N2O5S. The zero-order valence-electron chi connectivity index (χ0n) is 11.0. The molecule has 8 heteroatoms. The lowest BCUT2D eigenvalue weighted by atomic mass is 10.2. The van der Waals surface area contributed by atoms with Crippen LogP contribution >= 0.6 is 0 Å². The summed E-state index contributed by atoms with van der Waals surface area (Å²) in [5.74, 6) is 0.598. The van der Waals surface area contributed by atoms with Crippen molar-refractivity contribution in [1.29, 1.82) is 0 Å². The third-order valence-corrected chi connectivity index (χ3v) is 4.13. The number of carbonyl (C=O) groups is 1. The van der Waals surface area contributed by atoms with Gasteiger partial charge >= 0.3 is 0 Å². The van der Waals surface area contributed by atoms with Gasteiger partial charge in [0.25, 0.3) is 5.91 Å². The molecule has 1 aromatic carbocycles. The molecule has 7 nitrogen and oxygen atoms in total. The number of benzene rings is 1. The fourth-order valence-electron chi connectivity index (χ4n) is 1.73. The molecule has 1 aliphatic rings. The van der Waals surface area contributed by atoms with E-state index in [1.807, 2.05) is 0 Å². The second-order valence-corrected chi connectivity index (χ2v) is 6.07. The minimum absolute atomic E-state index is 0.0443. The van der Waals surface area contributed by atoms with Gasteiger partial charge in [-0.2, -0.15) is 0 Å². The highest BCUT2D eigenvalue weighted by atomic mass is 32.2. The molecule has 0 radical (unpaired) electrons. The minimum Gasteiger partial charge on any atom is -0.454 e. The molecule has 0 bridgehead atoms. The van der Waals surface area contributed by atoms with E-state index in [0.717, 1.165) is 0 Å². The third-order valence-electron chi connectivity index (χ3n) is 2.66. The Kier molecular flexibility index (Phi) is 4.46. The van der Waals surface area contributed by atoms with E-state index in [0.29, 0.717) is 23.6 Å². The van der Waals surface area contributed by atoms with Crippen molar-refractivity contribution in [3.63, 3.8) is 0 Å². The predicted molar refractivity (Wildman–Crippen MR) is 72.4 cm³/mol. The van der Waals surface area contributed by atoms with Crippen LogP contribution in [-0.4, -0.2) is 40.0 Å². The Bertz CT molecular complexity index is 600. The van der Waals surface area contributed by atoms with Crippen LogP contribution < -0.4 is 19.5 Å². The molecule has 0 aliphatic carbocycles. The number of rotatable bonds is 6. The van der Waals surface area contributed by atoms with Crippen molar-refractivity contribution in [2.45, 2.75) is 6.92 Å². The molecule has 0 aromatic heterocycles. The van der Waals surface area contributed by atoms with Gasteiger partial charge in [-0.05, 0) is 18.2 Å². The van der Waals surface area contributed by atoms with Crippen molar-refractivity contribution in [3.8, 4) is 11.5 Å². The Balaban J connectivity index is 1.89. The van der Waals surface area contributed by atoms with E-state index in [9.17, 15) is 13.2 Å². The summed E-state index contributed by atoms with van der Waals surface area (Å²) in [6, 6.07) is 4.81. The molecule has 0 unspecified atom stereocenters. The quantitative estimate of drug-likeness (QED) is 0.776. The summed E-state index contributed by atoms with van der Waals surface area (Å²) in [5.41, 5.74) is 0.398. The fraction of sp³-hybridized carbons (Fsp3) is 0.417. The Labute approximate surface area is 117 Å². The van der Waals surface area contributed by atoms with Crippen molar-refractivity contribution in [1.82, 2.24) is 10.0 Å². The van der Waals surface area contributed by atoms with Crippen LogP contribution in [0.25, 0.3) is 0 Å². The molecule has 0 spiro atoms. The summed E-state index contributed by atoms with van der Waals surface area (Å²) in [6.07, 6.45) is 0. The monoisotopic (exact) mass is 300 g/mol. The fourth-order valence-corrected chi connectivity index (χ4v) is 2.69. The number of carbonyl (C=O) groups excluding carboxylic acids is 1. The average Bonchev–Trinajstić information content (AvgIpc) is 2.85. The van der Waals surface area contributed by atoms with Crippen LogP contribution in [-0.2, 0) is 10.0 Å². The molecule has 2 rings (SSSR count). The summed E-state index contributed by atoms with van der Waals surface area (Å²) in [7, 11) is -3.33. The van der Waals surface area contributed by atoms with Gasteiger partial charge in [0.2, 0.25) is 16.8 Å². The highest BCUT2D eigenvalue weighted by Crippen LogP contribution is 2.32. The van der Waals surface area contributed by atoms with Gasteiger partial charge in [-0.1, -0.05) is 6.92 Å². The maximum absolute atomic E-state index is 11.9. The van der Waals surface area contributed by atoms with Gasteiger partial charge < -0.3 is 14.8 Å². The largest absolute Gasteiger partial charge is 0.454 e. The first-order chi connectivity index (χ1) is 9.52. The average molecular weight is 300 g/mol. The molecule has 1 aliphatic heterocycles. The first-order valence-electron chi connectivity index (χ1n) is 6.17. The predicted octanol–water partition coefficient (Wildman–Crippen LogP) is 0.0844. The first-order valence-corrected chi connectivity index (χ1v) is 7.82. The summed E-state index contributed by atoms with van der Waals surface area (Å²) in [6.45, 7) is 2.21. The van der Waals surface area contributed by atoms with Crippen LogP contribution in [0, 0.1) is 0 Å². The van der Waals surface area contributed by atoms with Crippen LogP contribution in [0.1, 0.15) is 17.3 Å². The van der Waals surface area contributed by atoms with E-state index in [1.165, 1.54) is 0 Å². The summed E-state index contributed by atoms with van der Waals surface area (Å²) < 4.78 is 35.5. The highest BCUT2D eigenvalue weighted by Gasteiger charge is 2.16. The van der Waals surface area contributed by atoms with Gasteiger partial charge in [0.1, 0.15) is 0 Å². The minimum atomic E-state index is -3.33. The zero-order chi connectivity index (χ0) is 14.6. The molecular weight excluding hydrogens is 284 g/mol. The van der Waals surface area contributed by atoms with Crippen LogP contribution in [0.15, 0.2) is 18.2 Å². The van der Waals surface area contributed by atoms with E-state index in [1.54, 1.807) is 25.1 Å². The van der Waals surface area contributed by atoms with Crippen molar-refractivity contribution < 1.29 is 22.7 Å². The van der Waals surface area contributed by atoms with Gasteiger partial charge in [-0.15, -0.1) is 0 Å². The van der Waals surface area contributed by atoms with Crippen molar-refractivity contribution in [2.24, 2.45) is 0 Å². The lowest BCUT2D eigenvalue weighted by Crippen LogP contribution is -2.34. The van der Waals surface area contributed by atoms with Crippen molar-refractivity contribution in [3.05, 3.63) is 23.8 Å². The Morgan fingerprint density at radius 3 is 2.80 bits per heavy atom. The van der Waals surface area contributed by atoms with Crippen LogP contribution in [0.5, 0.6) is 11.5 Å². The summed E-state index contributed by atoms with van der Waals surface area (Å²) in [5, 5.41) is 2.55. The number of nitrogens with one attached hydrogen (secondary N) is 2. The molecule has 1 aromatic rings. The van der Waals surface area contributed by atoms with Gasteiger partial charge in [0.05, 0.1) is 5.75 Å². The van der Waals surface area contributed by atoms with Gasteiger partial charge in [-0.3, -0.25) is 4.79 Å². The topological polar surface area (TPSA) is 93.7 Å². The lowest BCUT2D eigenvalue weighted by Gasteiger charge is -2.07. The van der Waals surface area contributed by atoms with Crippen LogP contribution in [0.3, 0.4) is 0 Å². The second kappa shape index (κ2) is 6.10. The summed E-state index contributed by atoms with van der Waals surface area (Å²) in [4.78, 5) is 11.9. The molecule has 0 atom stereocenters. The van der Waals surface area contributed by atoms with Gasteiger partial charge in [0.15, 0.2) is 11.5 Å². The highest BCUT2D eigenvalue weighted by molar-refractivity contribution is 7.89. The Hall–Kier alpha value is -1.80. The van der Waals surface area contributed by atoms with E-state index in [4.69, 9.17) is 9.47 Å². The van der Waals surface area contributed by atoms with E-state index in [-0.39, 0.29) is 25.0 Å². The molecule has 1 amide bonds. The zero-order valence-corrected chi connectivity index (χ0v) is 11.8. The molecule has 0 saturated carbocycles. The molecule has 110 valence electrons. The number of sulfonamides is 1. The maximum Gasteiger partial charge on any atom is 0.251 e.